The summed E-state index contributed by atoms with van der Waals surface area (Å²) in [5.41, 5.74) is 2.36. The summed E-state index contributed by atoms with van der Waals surface area (Å²) in [6, 6.07) is 13.6. The Labute approximate surface area is 224 Å². The number of fused-ring (bicyclic) bond motifs is 1. The molecule has 1 heterocycles. The number of allylic oxidation sites excluding steroid dienone is 4. The van der Waals surface area contributed by atoms with Gasteiger partial charge in [-0.2, -0.15) is 0 Å². The highest BCUT2D eigenvalue weighted by Gasteiger charge is 2.22. The first-order chi connectivity index (χ1) is 18.4. The third-order valence-corrected chi connectivity index (χ3v) is 5.70. The summed E-state index contributed by atoms with van der Waals surface area (Å²) in [5.74, 6) is -0.207. The molecule has 1 aromatic heterocycles. The summed E-state index contributed by atoms with van der Waals surface area (Å²) in [5, 5.41) is 0.515. The minimum atomic E-state index is -0.798. The van der Waals surface area contributed by atoms with E-state index >= 15 is 0 Å². The molecule has 2 aromatic carbocycles. The van der Waals surface area contributed by atoms with Gasteiger partial charge in [0.25, 0.3) is 5.75 Å². The molecule has 0 saturated carbocycles. The normalized spacial score (nSPS) is 11.5. The number of rotatable bonds is 13. The van der Waals surface area contributed by atoms with E-state index in [9.17, 15) is 9.59 Å². The zero-order chi connectivity index (χ0) is 27.3. The molecule has 0 atom stereocenters. The van der Waals surface area contributed by atoms with Crippen LogP contribution in [0.5, 0.6) is 17.2 Å². The number of carbonyl (C=O) groups is 1. The van der Waals surface area contributed by atoms with E-state index in [-0.39, 0.29) is 17.1 Å². The molecule has 0 bridgehead atoms. The fourth-order valence-electron chi connectivity index (χ4n) is 3.67. The standard InChI is InChI=1S/C32H36O6/c1-5-6-7-11-20-36-29-27-18-17-26(35-21-19-24(4)14-12-13-23(2)3)22-28(27)37-32(34)30(29)38-31(33)25-15-9-8-10-16-25/h6-10,13,15-19,22H,5,11-12,14,20-21H2,1-4H3/b7-6+,24-19+. The molecular formula is C32H36O6. The van der Waals surface area contributed by atoms with Gasteiger partial charge in [-0.1, -0.05) is 54.5 Å². The fraction of sp³-hybridized carbons (Fsp3) is 0.312. The van der Waals surface area contributed by atoms with Crippen LogP contribution in [0.15, 0.2) is 93.2 Å². The van der Waals surface area contributed by atoms with E-state index in [0.717, 1.165) is 19.3 Å². The van der Waals surface area contributed by atoms with Crippen LogP contribution in [0.25, 0.3) is 11.0 Å². The Bertz CT molecular complexity index is 1360. The van der Waals surface area contributed by atoms with Crippen LogP contribution in [-0.4, -0.2) is 19.2 Å². The van der Waals surface area contributed by atoms with Crippen LogP contribution < -0.4 is 19.8 Å². The Kier molecular flexibility index (Phi) is 11.0. The summed E-state index contributed by atoms with van der Waals surface area (Å²) < 4.78 is 22.9. The van der Waals surface area contributed by atoms with Crippen molar-refractivity contribution in [3.63, 3.8) is 0 Å². The van der Waals surface area contributed by atoms with Crippen LogP contribution in [-0.2, 0) is 0 Å². The average Bonchev–Trinajstić information content (AvgIpc) is 2.90. The largest absolute Gasteiger partial charge is 0.489 e. The van der Waals surface area contributed by atoms with Crippen LogP contribution in [0.4, 0.5) is 0 Å². The van der Waals surface area contributed by atoms with Crippen molar-refractivity contribution in [2.24, 2.45) is 0 Å². The van der Waals surface area contributed by atoms with Crippen molar-refractivity contribution in [1.29, 1.82) is 0 Å². The predicted molar refractivity (Wildman–Crippen MR) is 151 cm³/mol. The molecule has 0 aliphatic carbocycles. The molecule has 0 aliphatic rings. The highest BCUT2D eigenvalue weighted by atomic mass is 16.6. The molecule has 200 valence electrons. The van der Waals surface area contributed by atoms with Gasteiger partial charge in [-0.3, -0.25) is 0 Å². The minimum Gasteiger partial charge on any atom is -0.489 e. The maximum absolute atomic E-state index is 12.9. The van der Waals surface area contributed by atoms with Gasteiger partial charge in [-0.15, -0.1) is 0 Å². The molecule has 6 nitrogen and oxygen atoms in total. The van der Waals surface area contributed by atoms with E-state index in [4.69, 9.17) is 18.6 Å². The quantitative estimate of drug-likeness (QED) is 0.0998. The maximum Gasteiger partial charge on any atom is 0.383 e. The smallest absolute Gasteiger partial charge is 0.383 e. The molecule has 0 N–H and O–H groups in total. The topological polar surface area (TPSA) is 75.0 Å². The van der Waals surface area contributed by atoms with Gasteiger partial charge in [-0.05, 0) is 76.8 Å². The summed E-state index contributed by atoms with van der Waals surface area (Å²) in [4.78, 5) is 25.6. The second-order valence-electron chi connectivity index (χ2n) is 9.16. The minimum absolute atomic E-state index is 0.173. The molecule has 38 heavy (non-hydrogen) atoms. The van der Waals surface area contributed by atoms with Crippen molar-refractivity contribution in [3.8, 4) is 17.2 Å². The molecule has 0 amide bonds. The van der Waals surface area contributed by atoms with Gasteiger partial charge in [0.15, 0.2) is 5.75 Å². The second kappa shape index (κ2) is 14.6. The number of carbonyl (C=O) groups excluding carboxylic acids is 1. The average molecular weight is 517 g/mol. The zero-order valence-corrected chi connectivity index (χ0v) is 22.6. The SMILES string of the molecule is CC/C=C/CCOc1c(OC(=O)c2ccccc2)c(=O)oc2cc(OC/C=C(\C)CCC=C(C)C)ccc12. The Hall–Kier alpha value is -4.06. The molecule has 0 spiro atoms. The highest BCUT2D eigenvalue weighted by Crippen LogP contribution is 2.35. The van der Waals surface area contributed by atoms with Gasteiger partial charge in [0.05, 0.1) is 17.6 Å². The Balaban J connectivity index is 1.84. The second-order valence-corrected chi connectivity index (χ2v) is 9.16. The Morgan fingerprint density at radius 1 is 0.921 bits per heavy atom. The van der Waals surface area contributed by atoms with Gasteiger partial charge >= 0.3 is 11.6 Å². The fourth-order valence-corrected chi connectivity index (χ4v) is 3.67. The molecule has 3 rings (SSSR count). The maximum atomic E-state index is 12.9. The van der Waals surface area contributed by atoms with E-state index in [1.165, 1.54) is 11.1 Å². The van der Waals surface area contributed by atoms with Crippen LogP contribution in [0.1, 0.15) is 63.7 Å². The van der Waals surface area contributed by atoms with Gasteiger partial charge in [0.2, 0.25) is 0 Å². The lowest BCUT2D eigenvalue weighted by molar-refractivity contribution is 0.0721. The highest BCUT2D eigenvalue weighted by molar-refractivity contribution is 5.93. The predicted octanol–water partition coefficient (Wildman–Crippen LogP) is 7.82. The van der Waals surface area contributed by atoms with Gasteiger partial charge < -0.3 is 18.6 Å². The molecule has 6 heteroatoms. The molecule has 0 radical (unpaired) electrons. The molecule has 3 aromatic rings. The monoisotopic (exact) mass is 516 g/mol. The van der Waals surface area contributed by atoms with Crippen molar-refractivity contribution < 1.29 is 23.4 Å². The molecular weight excluding hydrogens is 480 g/mol. The number of hydrogen-bond acceptors (Lipinski definition) is 6. The van der Waals surface area contributed by atoms with Crippen LogP contribution >= 0.6 is 0 Å². The Morgan fingerprint density at radius 2 is 1.71 bits per heavy atom. The van der Waals surface area contributed by atoms with E-state index in [1.54, 1.807) is 48.5 Å². The van der Waals surface area contributed by atoms with Crippen LogP contribution in [0.2, 0.25) is 0 Å². The van der Waals surface area contributed by atoms with Crippen LogP contribution in [0.3, 0.4) is 0 Å². The molecule has 0 unspecified atom stereocenters. The van der Waals surface area contributed by atoms with E-state index in [0.29, 0.717) is 36.3 Å². The Morgan fingerprint density at radius 3 is 2.45 bits per heavy atom. The first-order valence-electron chi connectivity index (χ1n) is 13.0. The van der Waals surface area contributed by atoms with Crippen molar-refractivity contribution in [3.05, 3.63) is 100.0 Å². The van der Waals surface area contributed by atoms with Gasteiger partial charge in [0.1, 0.15) is 17.9 Å². The summed E-state index contributed by atoms with van der Waals surface area (Å²) >= 11 is 0. The van der Waals surface area contributed by atoms with Crippen molar-refractivity contribution in [2.45, 2.75) is 53.4 Å². The first kappa shape index (κ1) is 28.5. The third-order valence-electron chi connectivity index (χ3n) is 5.70. The number of benzene rings is 2. The number of ether oxygens (including phenoxy) is 3. The van der Waals surface area contributed by atoms with Gasteiger partial charge in [0, 0.05) is 6.07 Å². The molecule has 0 saturated heterocycles. The lowest BCUT2D eigenvalue weighted by Gasteiger charge is -2.13. The zero-order valence-electron chi connectivity index (χ0n) is 22.6. The van der Waals surface area contributed by atoms with Crippen molar-refractivity contribution in [1.82, 2.24) is 0 Å². The molecule has 0 fully saturated rings. The first-order valence-corrected chi connectivity index (χ1v) is 13.0. The summed E-state index contributed by atoms with van der Waals surface area (Å²) in [6.07, 6.45) is 11.8. The van der Waals surface area contributed by atoms with Crippen molar-refractivity contribution in [2.75, 3.05) is 13.2 Å². The van der Waals surface area contributed by atoms with E-state index in [2.05, 4.69) is 33.8 Å². The third kappa shape index (κ3) is 8.51. The van der Waals surface area contributed by atoms with E-state index in [1.807, 2.05) is 18.2 Å². The lowest BCUT2D eigenvalue weighted by Crippen LogP contribution is -2.16. The van der Waals surface area contributed by atoms with Gasteiger partial charge in [-0.25, -0.2) is 9.59 Å². The van der Waals surface area contributed by atoms with Crippen molar-refractivity contribution >= 4 is 16.9 Å². The van der Waals surface area contributed by atoms with Crippen LogP contribution in [0, 0.1) is 0 Å². The summed E-state index contributed by atoms with van der Waals surface area (Å²) in [6.45, 7) is 9.03. The lowest BCUT2D eigenvalue weighted by atomic mass is 10.1. The molecule has 0 aliphatic heterocycles. The van der Waals surface area contributed by atoms with E-state index < -0.39 is 11.6 Å². The number of hydrogen-bond donors (Lipinski definition) is 0. The summed E-state index contributed by atoms with van der Waals surface area (Å²) in [7, 11) is 0. The number of esters is 1.